The van der Waals surface area contributed by atoms with Crippen molar-refractivity contribution in [2.45, 2.75) is 31.8 Å². The van der Waals surface area contributed by atoms with Gasteiger partial charge in [0.1, 0.15) is 0 Å². The molecule has 0 aromatic carbocycles. The number of rotatable bonds is 2. The van der Waals surface area contributed by atoms with Crippen molar-refractivity contribution >= 4 is 49.1 Å². The maximum absolute atomic E-state index is 12.1. The molecular weight excluding hydrogens is 380 g/mol. The average Bonchev–Trinajstić information content (AvgIpc) is 2.65. The van der Waals surface area contributed by atoms with Gasteiger partial charge in [-0.15, -0.1) is 11.3 Å². The van der Waals surface area contributed by atoms with E-state index in [-0.39, 0.29) is 5.91 Å². The first-order valence-electron chi connectivity index (χ1n) is 5.93. The molecule has 2 unspecified atom stereocenters. The summed E-state index contributed by atoms with van der Waals surface area (Å²) in [6.45, 7) is 3.25. The summed E-state index contributed by atoms with van der Waals surface area (Å²) in [6.07, 6.45) is 2.05. The standard InChI is InChI=1S/C12H16Br2N2OS/c1-7-5-8(3-4-16(7)2)15-12(17)10-6-9(13)11(14)18-10/h6-8H,3-5H2,1-2H3,(H,15,17). The highest BCUT2D eigenvalue weighted by atomic mass is 79.9. The van der Waals surface area contributed by atoms with Gasteiger partial charge < -0.3 is 10.2 Å². The molecule has 0 spiro atoms. The van der Waals surface area contributed by atoms with Gasteiger partial charge in [-0.2, -0.15) is 0 Å². The number of carbonyl (C=O) groups is 1. The van der Waals surface area contributed by atoms with Gasteiger partial charge in [0, 0.05) is 23.1 Å². The Bertz CT molecular complexity index is 430. The molecule has 1 fully saturated rings. The van der Waals surface area contributed by atoms with E-state index in [1.165, 1.54) is 11.3 Å². The molecule has 18 heavy (non-hydrogen) atoms. The number of amides is 1. The molecule has 1 saturated heterocycles. The fourth-order valence-corrected chi connectivity index (χ4v) is 4.07. The number of nitrogens with one attached hydrogen (secondary N) is 1. The summed E-state index contributed by atoms with van der Waals surface area (Å²) in [7, 11) is 2.14. The molecule has 1 N–H and O–H groups in total. The van der Waals surface area contributed by atoms with E-state index in [0.29, 0.717) is 12.1 Å². The van der Waals surface area contributed by atoms with E-state index in [0.717, 1.165) is 32.5 Å². The van der Waals surface area contributed by atoms with Gasteiger partial charge in [-0.25, -0.2) is 0 Å². The Balaban J connectivity index is 1.95. The van der Waals surface area contributed by atoms with Crippen molar-refractivity contribution in [1.82, 2.24) is 10.2 Å². The van der Waals surface area contributed by atoms with Crippen LogP contribution in [0.5, 0.6) is 0 Å². The van der Waals surface area contributed by atoms with Gasteiger partial charge >= 0.3 is 0 Å². The summed E-state index contributed by atoms with van der Waals surface area (Å²) < 4.78 is 1.90. The van der Waals surface area contributed by atoms with Crippen LogP contribution in [0.4, 0.5) is 0 Å². The van der Waals surface area contributed by atoms with Crippen LogP contribution in [0.3, 0.4) is 0 Å². The van der Waals surface area contributed by atoms with Gasteiger partial charge in [0.05, 0.1) is 8.66 Å². The van der Waals surface area contributed by atoms with Crippen LogP contribution in [-0.2, 0) is 0 Å². The van der Waals surface area contributed by atoms with Crippen molar-refractivity contribution in [1.29, 1.82) is 0 Å². The summed E-state index contributed by atoms with van der Waals surface area (Å²) in [6, 6.07) is 2.69. The molecule has 0 saturated carbocycles. The third-order valence-electron chi connectivity index (χ3n) is 3.41. The minimum atomic E-state index is 0.0353. The number of hydrogen-bond acceptors (Lipinski definition) is 3. The molecular formula is C12H16Br2N2OS. The fourth-order valence-electron chi connectivity index (χ4n) is 2.14. The molecule has 1 aromatic rings. The topological polar surface area (TPSA) is 32.3 Å². The number of thiophene rings is 1. The summed E-state index contributed by atoms with van der Waals surface area (Å²) in [5.41, 5.74) is 0. The van der Waals surface area contributed by atoms with E-state index in [9.17, 15) is 4.79 Å². The minimum absolute atomic E-state index is 0.0353. The van der Waals surface area contributed by atoms with Crippen molar-refractivity contribution in [2.75, 3.05) is 13.6 Å². The highest BCUT2D eigenvalue weighted by Crippen LogP contribution is 2.32. The van der Waals surface area contributed by atoms with E-state index >= 15 is 0 Å². The number of nitrogens with zero attached hydrogens (tertiary/aromatic N) is 1. The predicted octanol–water partition coefficient (Wildman–Crippen LogP) is 3.49. The molecule has 100 valence electrons. The zero-order valence-electron chi connectivity index (χ0n) is 10.4. The minimum Gasteiger partial charge on any atom is -0.349 e. The van der Waals surface area contributed by atoms with Gasteiger partial charge in [0.15, 0.2) is 0 Å². The summed E-state index contributed by atoms with van der Waals surface area (Å²) in [5, 5.41) is 3.13. The first-order valence-corrected chi connectivity index (χ1v) is 8.33. The third-order valence-corrected chi connectivity index (χ3v) is 6.67. The molecule has 1 aromatic heterocycles. The van der Waals surface area contributed by atoms with Gasteiger partial charge in [-0.1, -0.05) is 0 Å². The van der Waals surface area contributed by atoms with Crippen molar-refractivity contribution < 1.29 is 4.79 Å². The van der Waals surface area contributed by atoms with E-state index in [2.05, 4.69) is 56.0 Å². The normalized spacial score (nSPS) is 25.1. The SMILES string of the molecule is CC1CC(NC(=O)c2cc(Br)c(Br)s2)CCN1C. The lowest BCUT2D eigenvalue weighted by atomic mass is 9.99. The lowest BCUT2D eigenvalue weighted by Crippen LogP contribution is -2.47. The Morgan fingerprint density at radius 1 is 1.56 bits per heavy atom. The fraction of sp³-hybridized carbons (Fsp3) is 0.583. The smallest absolute Gasteiger partial charge is 0.261 e. The predicted molar refractivity (Wildman–Crippen MR) is 82.3 cm³/mol. The Hall–Kier alpha value is 0.0900. The van der Waals surface area contributed by atoms with Crippen LogP contribution in [0.25, 0.3) is 0 Å². The zero-order chi connectivity index (χ0) is 13.3. The van der Waals surface area contributed by atoms with Gasteiger partial charge in [0.2, 0.25) is 0 Å². The van der Waals surface area contributed by atoms with E-state index in [1.54, 1.807) is 0 Å². The maximum Gasteiger partial charge on any atom is 0.261 e. The van der Waals surface area contributed by atoms with Crippen molar-refractivity contribution in [2.24, 2.45) is 0 Å². The highest BCUT2D eigenvalue weighted by molar-refractivity contribution is 9.13. The molecule has 1 aliphatic heterocycles. The Morgan fingerprint density at radius 3 is 2.83 bits per heavy atom. The second kappa shape index (κ2) is 6.03. The van der Waals surface area contributed by atoms with Crippen LogP contribution in [0, 0.1) is 0 Å². The molecule has 1 amide bonds. The van der Waals surface area contributed by atoms with E-state index < -0.39 is 0 Å². The van der Waals surface area contributed by atoms with Crippen LogP contribution in [-0.4, -0.2) is 36.5 Å². The molecule has 0 radical (unpaired) electrons. The molecule has 0 aliphatic carbocycles. The highest BCUT2D eigenvalue weighted by Gasteiger charge is 2.24. The molecule has 2 atom stereocenters. The van der Waals surface area contributed by atoms with Crippen LogP contribution in [0.2, 0.25) is 0 Å². The summed E-state index contributed by atoms with van der Waals surface area (Å²) >= 11 is 8.28. The Morgan fingerprint density at radius 2 is 2.28 bits per heavy atom. The second-order valence-corrected chi connectivity index (χ2v) is 7.98. The molecule has 6 heteroatoms. The summed E-state index contributed by atoms with van der Waals surface area (Å²) in [4.78, 5) is 15.2. The summed E-state index contributed by atoms with van der Waals surface area (Å²) in [5.74, 6) is 0.0353. The van der Waals surface area contributed by atoms with Crippen LogP contribution in [0.15, 0.2) is 14.3 Å². The van der Waals surface area contributed by atoms with Gasteiger partial charge in [-0.3, -0.25) is 4.79 Å². The average molecular weight is 396 g/mol. The Kier molecular flexibility index (Phi) is 4.86. The molecule has 2 heterocycles. The largest absolute Gasteiger partial charge is 0.349 e. The van der Waals surface area contributed by atoms with Crippen LogP contribution in [0.1, 0.15) is 29.4 Å². The van der Waals surface area contributed by atoms with Crippen LogP contribution < -0.4 is 5.32 Å². The first kappa shape index (κ1) is 14.5. The number of likely N-dealkylation sites (tertiary alicyclic amines) is 1. The quantitative estimate of drug-likeness (QED) is 0.831. The first-order chi connectivity index (χ1) is 8.47. The van der Waals surface area contributed by atoms with Gasteiger partial charge in [-0.05, 0) is 64.7 Å². The van der Waals surface area contributed by atoms with Crippen molar-refractivity contribution in [3.05, 3.63) is 19.2 Å². The van der Waals surface area contributed by atoms with Crippen molar-refractivity contribution in [3.8, 4) is 0 Å². The number of hydrogen-bond donors (Lipinski definition) is 1. The molecule has 2 rings (SSSR count). The molecule has 1 aliphatic rings. The third kappa shape index (κ3) is 3.35. The zero-order valence-corrected chi connectivity index (χ0v) is 14.4. The number of carbonyl (C=O) groups excluding carboxylic acids is 1. The lowest BCUT2D eigenvalue weighted by Gasteiger charge is -2.35. The van der Waals surface area contributed by atoms with Crippen molar-refractivity contribution in [3.63, 3.8) is 0 Å². The lowest BCUT2D eigenvalue weighted by molar-refractivity contribution is 0.0900. The second-order valence-electron chi connectivity index (χ2n) is 4.76. The molecule has 3 nitrogen and oxygen atoms in total. The number of halogens is 2. The van der Waals surface area contributed by atoms with E-state index in [4.69, 9.17) is 0 Å². The number of piperidine rings is 1. The van der Waals surface area contributed by atoms with E-state index in [1.807, 2.05) is 6.07 Å². The maximum atomic E-state index is 12.1. The Labute approximate surface area is 128 Å². The van der Waals surface area contributed by atoms with Gasteiger partial charge in [0.25, 0.3) is 5.91 Å². The van der Waals surface area contributed by atoms with Crippen LogP contribution >= 0.6 is 43.2 Å². The monoisotopic (exact) mass is 394 g/mol. The molecule has 0 bridgehead atoms.